The molecule has 0 unspecified atom stereocenters. The van der Waals surface area contributed by atoms with Crippen LogP contribution in [0.25, 0.3) is 16.7 Å². The summed E-state index contributed by atoms with van der Waals surface area (Å²) in [5, 5.41) is 5.64. The van der Waals surface area contributed by atoms with E-state index in [9.17, 15) is 0 Å². The summed E-state index contributed by atoms with van der Waals surface area (Å²) in [5.74, 6) is 0.903. The summed E-state index contributed by atoms with van der Waals surface area (Å²) in [6.07, 6.45) is 2.31. The van der Waals surface area contributed by atoms with Gasteiger partial charge >= 0.3 is 0 Å². The number of hydrogen-bond donors (Lipinski definition) is 1. The molecule has 0 aliphatic carbocycles. The number of benzene rings is 2. The van der Waals surface area contributed by atoms with E-state index >= 15 is 0 Å². The molecule has 1 aliphatic rings. The van der Waals surface area contributed by atoms with Gasteiger partial charge in [0.2, 0.25) is 5.95 Å². The van der Waals surface area contributed by atoms with E-state index in [1.54, 1.807) is 11.3 Å². The maximum Gasteiger partial charge on any atom is 0.209 e. The van der Waals surface area contributed by atoms with Crippen molar-refractivity contribution in [3.8, 4) is 0 Å². The lowest BCUT2D eigenvalue weighted by Gasteiger charge is -2.27. The van der Waals surface area contributed by atoms with Crippen molar-refractivity contribution in [2.45, 2.75) is 13.0 Å². The summed E-state index contributed by atoms with van der Waals surface area (Å²) in [6, 6.07) is 21.3. The highest BCUT2D eigenvalue weighted by atomic mass is 32.1. The number of aromatic nitrogens is 2. The third kappa shape index (κ3) is 2.29. The number of rotatable bonds is 2. The number of anilines is 1. The molecule has 3 heterocycles. The van der Waals surface area contributed by atoms with Crippen LogP contribution < -0.4 is 5.32 Å². The molecule has 4 aromatic rings. The van der Waals surface area contributed by atoms with Gasteiger partial charge in [0.15, 0.2) is 0 Å². The van der Waals surface area contributed by atoms with Crippen molar-refractivity contribution in [2.75, 3.05) is 5.32 Å². The molecule has 0 amide bonds. The molecule has 0 saturated heterocycles. The van der Waals surface area contributed by atoms with Gasteiger partial charge in [-0.15, -0.1) is 11.3 Å². The lowest BCUT2D eigenvalue weighted by Crippen LogP contribution is -2.19. The standard InChI is InChI=1S/C21H17N3S/c1-14-7-2-3-8-15(14)19-13-17(20-11-6-12-25-20)23-21-22-16-9-4-5-10-18(16)24(19)21/h2-13,19H,1H3,(H,22,23)/t19-/m1/s1. The Morgan fingerprint density at radius 3 is 2.68 bits per heavy atom. The topological polar surface area (TPSA) is 29.9 Å². The largest absolute Gasteiger partial charge is 0.324 e. The molecule has 0 bridgehead atoms. The zero-order valence-corrected chi connectivity index (χ0v) is 14.6. The van der Waals surface area contributed by atoms with Gasteiger partial charge in [-0.2, -0.15) is 0 Å². The van der Waals surface area contributed by atoms with Gasteiger partial charge < -0.3 is 5.32 Å². The summed E-state index contributed by atoms with van der Waals surface area (Å²) in [6.45, 7) is 2.18. The van der Waals surface area contributed by atoms with Crippen molar-refractivity contribution in [2.24, 2.45) is 0 Å². The van der Waals surface area contributed by atoms with E-state index < -0.39 is 0 Å². The Labute approximate surface area is 150 Å². The Hall–Kier alpha value is -2.85. The number of para-hydroxylation sites is 2. The molecule has 0 saturated carbocycles. The van der Waals surface area contributed by atoms with E-state index in [4.69, 9.17) is 4.98 Å². The summed E-state index contributed by atoms with van der Waals surface area (Å²) in [7, 11) is 0. The number of hydrogen-bond acceptors (Lipinski definition) is 3. The number of imidazole rings is 1. The Kier molecular flexibility index (Phi) is 3.25. The molecule has 4 heteroatoms. The van der Waals surface area contributed by atoms with Gasteiger partial charge in [0, 0.05) is 0 Å². The Bertz CT molecular complexity index is 1090. The van der Waals surface area contributed by atoms with Crippen molar-refractivity contribution in [1.29, 1.82) is 0 Å². The molecule has 25 heavy (non-hydrogen) atoms. The summed E-state index contributed by atoms with van der Waals surface area (Å²) in [5.41, 5.74) is 5.90. The highest BCUT2D eigenvalue weighted by molar-refractivity contribution is 7.11. The molecule has 0 radical (unpaired) electrons. The first-order valence-corrected chi connectivity index (χ1v) is 9.24. The molecule has 2 aromatic heterocycles. The van der Waals surface area contributed by atoms with Crippen LogP contribution in [0.2, 0.25) is 0 Å². The minimum Gasteiger partial charge on any atom is -0.324 e. The van der Waals surface area contributed by atoms with Crippen LogP contribution in [0.15, 0.2) is 72.1 Å². The average Bonchev–Trinajstić information content (AvgIpc) is 3.29. The quantitative estimate of drug-likeness (QED) is 0.523. The van der Waals surface area contributed by atoms with Crippen LogP contribution in [0.3, 0.4) is 0 Å². The molecule has 122 valence electrons. The van der Waals surface area contributed by atoms with Crippen LogP contribution in [-0.4, -0.2) is 9.55 Å². The van der Waals surface area contributed by atoms with Gasteiger partial charge in [0.1, 0.15) is 0 Å². The van der Waals surface area contributed by atoms with Gasteiger partial charge in [-0.3, -0.25) is 4.57 Å². The van der Waals surface area contributed by atoms with E-state index in [1.165, 1.54) is 16.0 Å². The van der Waals surface area contributed by atoms with Gasteiger partial charge in [-0.25, -0.2) is 4.98 Å². The number of fused-ring (bicyclic) bond motifs is 3. The maximum absolute atomic E-state index is 4.83. The SMILES string of the molecule is Cc1ccccc1[C@H]1C=C(c2cccs2)Nc2nc3ccccc3n21. The van der Waals surface area contributed by atoms with Crippen molar-refractivity contribution < 1.29 is 0 Å². The van der Waals surface area contributed by atoms with Crippen LogP contribution in [0.4, 0.5) is 5.95 Å². The van der Waals surface area contributed by atoms with Crippen LogP contribution in [0.1, 0.15) is 22.0 Å². The number of nitrogens with zero attached hydrogens (tertiary/aromatic N) is 2. The van der Waals surface area contributed by atoms with Crippen molar-refractivity contribution in [3.63, 3.8) is 0 Å². The number of nitrogens with one attached hydrogen (secondary N) is 1. The number of allylic oxidation sites excluding steroid dienone is 1. The normalized spacial score (nSPS) is 16.4. The van der Waals surface area contributed by atoms with Crippen LogP contribution in [-0.2, 0) is 0 Å². The van der Waals surface area contributed by atoms with E-state index in [0.717, 1.165) is 22.7 Å². The molecule has 1 atom stereocenters. The smallest absolute Gasteiger partial charge is 0.209 e. The predicted octanol–water partition coefficient (Wildman–Crippen LogP) is 5.46. The number of aryl methyl sites for hydroxylation is 1. The van der Waals surface area contributed by atoms with Crippen LogP contribution >= 0.6 is 11.3 Å². The van der Waals surface area contributed by atoms with Crippen LogP contribution in [0.5, 0.6) is 0 Å². The lowest BCUT2D eigenvalue weighted by atomic mass is 9.98. The molecular weight excluding hydrogens is 326 g/mol. The van der Waals surface area contributed by atoms with Crippen molar-refractivity contribution in [1.82, 2.24) is 9.55 Å². The highest BCUT2D eigenvalue weighted by Crippen LogP contribution is 2.38. The summed E-state index contributed by atoms with van der Waals surface area (Å²) in [4.78, 5) is 6.07. The van der Waals surface area contributed by atoms with Gasteiger partial charge in [-0.1, -0.05) is 42.5 Å². The average molecular weight is 343 g/mol. The second-order valence-corrected chi connectivity index (χ2v) is 7.23. The first-order valence-electron chi connectivity index (χ1n) is 8.36. The minimum atomic E-state index is 0.127. The second-order valence-electron chi connectivity index (χ2n) is 6.28. The fraction of sp³-hybridized carbons (Fsp3) is 0.0952. The first kappa shape index (κ1) is 14.5. The monoisotopic (exact) mass is 343 g/mol. The molecule has 0 fully saturated rings. The van der Waals surface area contributed by atoms with Crippen molar-refractivity contribution in [3.05, 3.63) is 88.1 Å². The third-order valence-electron chi connectivity index (χ3n) is 4.74. The Morgan fingerprint density at radius 2 is 1.84 bits per heavy atom. The molecule has 2 aromatic carbocycles. The summed E-state index contributed by atoms with van der Waals surface area (Å²) >= 11 is 1.74. The second kappa shape index (κ2) is 5.60. The molecule has 0 spiro atoms. The zero-order valence-electron chi connectivity index (χ0n) is 13.8. The minimum absolute atomic E-state index is 0.127. The van der Waals surface area contributed by atoms with Crippen molar-refractivity contribution >= 4 is 34.0 Å². The Balaban J connectivity index is 1.77. The fourth-order valence-corrected chi connectivity index (χ4v) is 4.24. The van der Waals surface area contributed by atoms with E-state index in [-0.39, 0.29) is 6.04 Å². The molecule has 1 aliphatic heterocycles. The molecule has 3 nitrogen and oxygen atoms in total. The fourth-order valence-electron chi connectivity index (χ4n) is 3.53. The number of thiophene rings is 1. The van der Waals surface area contributed by atoms with Gasteiger partial charge in [0.05, 0.1) is 27.6 Å². The first-order chi connectivity index (χ1) is 12.3. The summed E-state index contributed by atoms with van der Waals surface area (Å²) < 4.78 is 2.30. The predicted molar refractivity (Wildman–Crippen MR) is 105 cm³/mol. The van der Waals surface area contributed by atoms with Gasteiger partial charge in [-0.05, 0) is 47.7 Å². The van der Waals surface area contributed by atoms with Crippen LogP contribution in [0, 0.1) is 6.92 Å². The van der Waals surface area contributed by atoms with E-state index in [1.807, 2.05) is 6.07 Å². The molecule has 5 rings (SSSR count). The third-order valence-corrected chi connectivity index (χ3v) is 5.64. The molecule has 1 N–H and O–H groups in total. The van der Waals surface area contributed by atoms with Gasteiger partial charge in [0.25, 0.3) is 0 Å². The Morgan fingerprint density at radius 1 is 1.00 bits per heavy atom. The van der Waals surface area contributed by atoms with E-state index in [2.05, 4.69) is 82.9 Å². The zero-order chi connectivity index (χ0) is 16.8. The maximum atomic E-state index is 4.83. The highest BCUT2D eigenvalue weighted by Gasteiger charge is 2.26. The molecular formula is C21H17N3S. The van der Waals surface area contributed by atoms with E-state index in [0.29, 0.717) is 0 Å². The lowest BCUT2D eigenvalue weighted by molar-refractivity contribution is 0.716.